The molecule has 0 radical (unpaired) electrons. The third kappa shape index (κ3) is 2.61. The maximum Gasteiger partial charge on any atom is 0.153 e. The van der Waals surface area contributed by atoms with Gasteiger partial charge in [-0.15, -0.1) is 0 Å². The summed E-state index contributed by atoms with van der Waals surface area (Å²) in [6, 6.07) is 3.63. The van der Waals surface area contributed by atoms with E-state index in [1.807, 2.05) is 17.9 Å². The molecule has 86 valence electrons. The second kappa shape index (κ2) is 5.93. The molecule has 0 aliphatic rings. The van der Waals surface area contributed by atoms with Crippen molar-refractivity contribution in [1.29, 1.82) is 5.26 Å². The predicted molar refractivity (Wildman–Crippen MR) is 63.0 cm³/mol. The molecule has 5 nitrogen and oxygen atoms in total. The number of nitrogens with zero attached hydrogens (tertiary/aromatic N) is 3. The van der Waals surface area contributed by atoms with Gasteiger partial charge in [0, 0.05) is 25.9 Å². The number of aromatic nitrogens is 1. The monoisotopic (exact) mass is 220 g/mol. The fraction of sp³-hybridized carbons (Fsp3) is 0.455. The van der Waals surface area contributed by atoms with Gasteiger partial charge in [-0.25, -0.2) is 4.98 Å². The summed E-state index contributed by atoms with van der Waals surface area (Å²) in [6.07, 6.45) is 2.23. The lowest BCUT2D eigenvalue weighted by Gasteiger charge is -2.23. The zero-order valence-electron chi connectivity index (χ0n) is 9.35. The molecule has 0 unspecified atom stereocenters. The lowest BCUT2D eigenvalue weighted by molar-refractivity contribution is 0.289. The SMILES string of the molecule is CCN(CCCO)c1nccc(C#N)c1N. The first-order valence-electron chi connectivity index (χ1n) is 5.25. The van der Waals surface area contributed by atoms with Crippen LogP contribution < -0.4 is 10.6 Å². The number of pyridine rings is 1. The maximum absolute atomic E-state index is 8.86. The van der Waals surface area contributed by atoms with Crippen molar-refractivity contribution in [3.05, 3.63) is 17.8 Å². The minimum Gasteiger partial charge on any atom is -0.396 e. The summed E-state index contributed by atoms with van der Waals surface area (Å²) in [4.78, 5) is 6.13. The van der Waals surface area contributed by atoms with Gasteiger partial charge in [-0.05, 0) is 19.4 Å². The van der Waals surface area contributed by atoms with Gasteiger partial charge in [0.05, 0.1) is 11.3 Å². The molecule has 0 atom stereocenters. The van der Waals surface area contributed by atoms with Crippen LogP contribution >= 0.6 is 0 Å². The second-order valence-corrected chi connectivity index (χ2v) is 3.36. The van der Waals surface area contributed by atoms with E-state index in [1.54, 1.807) is 12.3 Å². The molecular weight excluding hydrogens is 204 g/mol. The van der Waals surface area contributed by atoms with Crippen LogP contribution in [0.5, 0.6) is 0 Å². The van der Waals surface area contributed by atoms with Gasteiger partial charge in [0.2, 0.25) is 0 Å². The van der Waals surface area contributed by atoms with Crippen molar-refractivity contribution in [2.24, 2.45) is 0 Å². The zero-order chi connectivity index (χ0) is 12.0. The Morgan fingerprint density at radius 3 is 2.94 bits per heavy atom. The topological polar surface area (TPSA) is 86.2 Å². The molecule has 0 amide bonds. The highest BCUT2D eigenvalue weighted by Gasteiger charge is 2.11. The van der Waals surface area contributed by atoms with Crippen LogP contribution in [0.1, 0.15) is 18.9 Å². The van der Waals surface area contributed by atoms with Crippen LogP contribution in [0.4, 0.5) is 11.5 Å². The Labute approximate surface area is 95.1 Å². The summed E-state index contributed by atoms with van der Waals surface area (Å²) < 4.78 is 0. The van der Waals surface area contributed by atoms with Gasteiger partial charge in [0.1, 0.15) is 6.07 Å². The number of hydrogen-bond donors (Lipinski definition) is 2. The summed E-state index contributed by atoms with van der Waals surface area (Å²) in [5.41, 5.74) is 6.70. The Hall–Kier alpha value is -1.80. The molecule has 1 heterocycles. The molecule has 0 aromatic carbocycles. The van der Waals surface area contributed by atoms with Crippen LogP contribution in [0.15, 0.2) is 12.3 Å². The van der Waals surface area contributed by atoms with Crippen LogP contribution in [-0.4, -0.2) is 29.8 Å². The van der Waals surface area contributed by atoms with E-state index in [9.17, 15) is 0 Å². The van der Waals surface area contributed by atoms with Gasteiger partial charge in [0.25, 0.3) is 0 Å². The van der Waals surface area contributed by atoms with Gasteiger partial charge in [-0.3, -0.25) is 0 Å². The van der Waals surface area contributed by atoms with E-state index < -0.39 is 0 Å². The van der Waals surface area contributed by atoms with Gasteiger partial charge in [0.15, 0.2) is 5.82 Å². The molecule has 0 fully saturated rings. The standard InChI is InChI=1S/C11H16N4O/c1-2-15(6-3-7-16)11-10(13)9(8-12)4-5-14-11/h4-5,16H,2-3,6-7,13H2,1H3. The third-order valence-electron chi connectivity index (χ3n) is 2.36. The molecule has 0 bridgehead atoms. The summed E-state index contributed by atoms with van der Waals surface area (Å²) in [6.45, 7) is 3.54. The average molecular weight is 220 g/mol. The highest BCUT2D eigenvalue weighted by atomic mass is 16.3. The van der Waals surface area contributed by atoms with Crippen molar-refractivity contribution < 1.29 is 5.11 Å². The lowest BCUT2D eigenvalue weighted by atomic mass is 10.2. The Kier molecular flexibility index (Phi) is 4.55. The quantitative estimate of drug-likeness (QED) is 0.764. The van der Waals surface area contributed by atoms with E-state index >= 15 is 0 Å². The fourth-order valence-corrected chi connectivity index (χ4v) is 1.49. The van der Waals surface area contributed by atoms with E-state index in [4.69, 9.17) is 16.1 Å². The number of aliphatic hydroxyl groups excluding tert-OH is 1. The Bertz CT molecular complexity index is 386. The number of nitriles is 1. The summed E-state index contributed by atoms with van der Waals surface area (Å²) in [5, 5.41) is 17.7. The molecule has 0 aliphatic heterocycles. The minimum atomic E-state index is 0.133. The fourth-order valence-electron chi connectivity index (χ4n) is 1.49. The largest absolute Gasteiger partial charge is 0.396 e. The summed E-state index contributed by atoms with van der Waals surface area (Å²) in [5.74, 6) is 0.620. The number of nitrogen functional groups attached to an aromatic ring is 1. The van der Waals surface area contributed by atoms with E-state index in [0.29, 0.717) is 30.0 Å². The van der Waals surface area contributed by atoms with Crippen molar-refractivity contribution in [2.45, 2.75) is 13.3 Å². The molecule has 0 saturated carbocycles. The van der Waals surface area contributed by atoms with Crippen molar-refractivity contribution in [2.75, 3.05) is 30.3 Å². The van der Waals surface area contributed by atoms with E-state index in [-0.39, 0.29) is 6.61 Å². The number of aliphatic hydroxyl groups is 1. The van der Waals surface area contributed by atoms with Crippen molar-refractivity contribution in [3.8, 4) is 6.07 Å². The van der Waals surface area contributed by atoms with Crippen molar-refractivity contribution >= 4 is 11.5 Å². The lowest BCUT2D eigenvalue weighted by Crippen LogP contribution is -2.26. The molecule has 0 saturated heterocycles. The van der Waals surface area contributed by atoms with Crippen LogP contribution in [0.25, 0.3) is 0 Å². The summed E-state index contributed by atoms with van der Waals surface area (Å²) in [7, 11) is 0. The van der Waals surface area contributed by atoms with Gasteiger partial charge in [-0.2, -0.15) is 5.26 Å². The normalized spacial score (nSPS) is 9.81. The Balaban J connectivity index is 2.97. The molecule has 5 heteroatoms. The summed E-state index contributed by atoms with van der Waals surface area (Å²) >= 11 is 0. The van der Waals surface area contributed by atoms with Gasteiger partial charge in [-0.1, -0.05) is 0 Å². The first kappa shape index (κ1) is 12.3. The average Bonchev–Trinajstić information content (AvgIpc) is 2.32. The molecule has 3 N–H and O–H groups in total. The molecule has 16 heavy (non-hydrogen) atoms. The highest BCUT2D eigenvalue weighted by molar-refractivity contribution is 5.69. The Morgan fingerprint density at radius 1 is 1.62 bits per heavy atom. The second-order valence-electron chi connectivity index (χ2n) is 3.36. The first-order chi connectivity index (χ1) is 7.74. The zero-order valence-corrected chi connectivity index (χ0v) is 9.35. The number of hydrogen-bond acceptors (Lipinski definition) is 5. The molecule has 1 rings (SSSR count). The van der Waals surface area contributed by atoms with E-state index in [2.05, 4.69) is 4.98 Å². The number of anilines is 2. The van der Waals surface area contributed by atoms with Crippen molar-refractivity contribution in [1.82, 2.24) is 4.98 Å². The first-order valence-corrected chi connectivity index (χ1v) is 5.25. The molecular formula is C11H16N4O. The number of rotatable bonds is 5. The van der Waals surface area contributed by atoms with Crippen molar-refractivity contribution in [3.63, 3.8) is 0 Å². The molecule has 1 aromatic rings. The van der Waals surface area contributed by atoms with Crippen LogP contribution in [-0.2, 0) is 0 Å². The maximum atomic E-state index is 8.86. The molecule has 1 aromatic heterocycles. The molecule has 0 spiro atoms. The Morgan fingerprint density at radius 2 is 2.38 bits per heavy atom. The van der Waals surface area contributed by atoms with Gasteiger partial charge >= 0.3 is 0 Å². The van der Waals surface area contributed by atoms with Crippen LogP contribution in [0, 0.1) is 11.3 Å². The van der Waals surface area contributed by atoms with Gasteiger partial charge < -0.3 is 15.7 Å². The highest BCUT2D eigenvalue weighted by Crippen LogP contribution is 2.23. The predicted octanol–water partition coefficient (Wildman–Crippen LogP) is 0.744. The molecule has 0 aliphatic carbocycles. The van der Waals surface area contributed by atoms with Crippen LogP contribution in [0.3, 0.4) is 0 Å². The minimum absolute atomic E-state index is 0.133. The number of nitrogens with two attached hydrogens (primary N) is 1. The van der Waals surface area contributed by atoms with E-state index in [1.165, 1.54) is 0 Å². The smallest absolute Gasteiger partial charge is 0.153 e. The third-order valence-corrected chi connectivity index (χ3v) is 2.36. The van der Waals surface area contributed by atoms with Crippen LogP contribution in [0.2, 0.25) is 0 Å². The van der Waals surface area contributed by atoms with E-state index in [0.717, 1.165) is 6.54 Å².